The second-order valence-electron chi connectivity index (χ2n) is 1.84. The van der Waals surface area contributed by atoms with Gasteiger partial charge in [-0.25, -0.2) is 0 Å². The fourth-order valence-electron chi connectivity index (χ4n) is 0.560. The number of pyridine rings is 1. The summed E-state index contributed by atoms with van der Waals surface area (Å²) >= 11 is 0. The Morgan fingerprint density at radius 1 is 1.40 bits per heavy atom. The minimum Gasteiger partial charge on any atom is -0.267 e. The molecule has 0 aliphatic heterocycles. The molecule has 4 heteroatoms. The fraction of sp³-hybridized carbons (Fsp3) is 0.167. The molecule has 10 heavy (non-hydrogen) atoms. The molecule has 2 nitrogen and oxygen atoms in total. The summed E-state index contributed by atoms with van der Waals surface area (Å²) in [7, 11) is 0. The van der Waals surface area contributed by atoms with Gasteiger partial charge < -0.3 is 0 Å². The highest BCUT2D eigenvalue weighted by Gasteiger charge is 2.25. The molecule has 0 amide bonds. The average molecular weight is 144 g/mol. The van der Waals surface area contributed by atoms with E-state index < -0.39 is 11.7 Å². The molecule has 1 rings (SSSR count). The lowest BCUT2D eigenvalue weighted by Crippen LogP contribution is -2.26. The zero-order valence-electron chi connectivity index (χ0n) is 5.09. The number of hydrogen-bond donors (Lipinski definition) is 1. The first kappa shape index (κ1) is 7.08. The van der Waals surface area contributed by atoms with Crippen LogP contribution in [0.4, 0.5) is 8.78 Å². The molecule has 1 aromatic heterocycles. The van der Waals surface area contributed by atoms with Gasteiger partial charge in [0, 0.05) is 6.20 Å². The van der Waals surface area contributed by atoms with Crippen molar-refractivity contribution in [3.8, 4) is 0 Å². The lowest BCUT2D eigenvalue weighted by molar-refractivity contribution is -0.00162. The highest BCUT2D eigenvalue weighted by molar-refractivity contribution is 5.07. The van der Waals surface area contributed by atoms with E-state index in [-0.39, 0.29) is 0 Å². The van der Waals surface area contributed by atoms with Crippen LogP contribution in [-0.2, 0) is 6.05 Å². The third kappa shape index (κ3) is 1.48. The minimum atomic E-state index is -3.32. The van der Waals surface area contributed by atoms with Gasteiger partial charge >= 0.3 is 6.05 Å². The van der Waals surface area contributed by atoms with E-state index in [1.807, 2.05) is 0 Å². The summed E-state index contributed by atoms with van der Waals surface area (Å²) in [4.78, 5) is 3.38. The number of halogens is 2. The molecule has 0 unspecified atom stereocenters. The van der Waals surface area contributed by atoms with E-state index in [4.69, 9.17) is 0 Å². The molecule has 1 aromatic rings. The Kier molecular flexibility index (Phi) is 1.63. The summed E-state index contributed by atoms with van der Waals surface area (Å²) in [5.41, 5.74) is 4.05. The van der Waals surface area contributed by atoms with Crippen LogP contribution in [0.1, 0.15) is 5.69 Å². The third-order valence-electron chi connectivity index (χ3n) is 1.01. The molecule has 0 aromatic carbocycles. The highest BCUT2D eigenvalue weighted by Crippen LogP contribution is 2.17. The second kappa shape index (κ2) is 2.30. The van der Waals surface area contributed by atoms with Gasteiger partial charge in [0.15, 0.2) is 0 Å². The smallest absolute Gasteiger partial charge is 0.267 e. The van der Waals surface area contributed by atoms with Gasteiger partial charge in [-0.15, -0.1) is 0 Å². The van der Waals surface area contributed by atoms with Crippen molar-refractivity contribution in [2.45, 2.75) is 6.05 Å². The number of alkyl halides is 2. The van der Waals surface area contributed by atoms with E-state index in [0.717, 1.165) is 0 Å². The van der Waals surface area contributed by atoms with Gasteiger partial charge in [-0.2, -0.15) is 8.78 Å². The molecular weight excluding hydrogens is 138 g/mol. The third-order valence-corrected chi connectivity index (χ3v) is 1.01. The van der Waals surface area contributed by atoms with E-state index in [9.17, 15) is 8.78 Å². The quantitative estimate of drug-likeness (QED) is 0.599. The Labute approximate surface area is 56.7 Å². The van der Waals surface area contributed by atoms with Crippen LogP contribution >= 0.6 is 0 Å². The molecule has 0 aliphatic carbocycles. The number of hydrogen-bond acceptors (Lipinski definition) is 2. The minimum absolute atomic E-state index is 0.407. The number of aromatic nitrogens is 1. The zero-order valence-corrected chi connectivity index (χ0v) is 5.09. The van der Waals surface area contributed by atoms with Crippen LogP contribution in [0.5, 0.6) is 0 Å². The van der Waals surface area contributed by atoms with E-state index in [0.29, 0.717) is 0 Å². The summed E-state index contributed by atoms with van der Waals surface area (Å²) in [6, 6.07) is 0.875. The predicted molar refractivity (Wildman–Crippen MR) is 32.3 cm³/mol. The van der Waals surface area contributed by atoms with E-state index in [1.54, 1.807) is 6.07 Å². The molecule has 0 aliphatic rings. The van der Waals surface area contributed by atoms with Crippen LogP contribution in [0.25, 0.3) is 0 Å². The summed E-state index contributed by atoms with van der Waals surface area (Å²) in [5.74, 6) is 0. The van der Waals surface area contributed by atoms with Gasteiger partial charge in [0.05, 0.1) is 0 Å². The fourth-order valence-corrected chi connectivity index (χ4v) is 0.560. The monoisotopic (exact) mass is 144 g/mol. The molecule has 0 bridgehead atoms. The Balaban J connectivity index is 2.97. The first-order valence-electron chi connectivity index (χ1n) is 2.69. The lowest BCUT2D eigenvalue weighted by atomic mass is 10.3. The van der Waals surface area contributed by atoms with E-state index >= 15 is 0 Å². The van der Waals surface area contributed by atoms with Gasteiger partial charge in [0.2, 0.25) is 0 Å². The topological polar surface area (TPSA) is 38.9 Å². The SMILES string of the molecule is NC(F)(F)c1ccccn1. The molecule has 0 fully saturated rings. The number of nitrogens with zero attached hydrogens (tertiary/aromatic N) is 1. The molecular formula is C6H6F2N2. The van der Waals surface area contributed by atoms with Crippen LogP contribution in [0.3, 0.4) is 0 Å². The Hall–Kier alpha value is -1.03. The first-order valence-corrected chi connectivity index (χ1v) is 2.69. The van der Waals surface area contributed by atoms with Gasteiger partial charge in [-0.1, -0.05) is 6.07 Å². The predicted octanol–water partition coefficient (Wildman–Crippen LogP) is 1.09. The molecule has 0 spiro atoms. The molecule has 1 heterocycles. The molecule has 0 radical (unpaired) electrons. The van der Waals surface area contributed by atoms with E-state index in [1.165, 1.54) is 18.3 Å². The summed E-state index contributed by atoms with van der Waals surface area (Å²) in [6.07, 6.45) is 1.27. The molecule has 2 N–H and O–H groups in total. The van der Waals surface area contributed by atoms with Crippen LogP contribution in [0.2, 0.25) is 0 Å². The first-order chi connectivity index (χ1) is 4.61. The maximum atomic E-state index is 12.2. The van der Waals surface area contributed by atoms with Crippen LogP contribution < -0.4 is 5.73 Å². The average Bonchev–Trinajstić information content (AvgIpc) is 1.88. The normalized spacial score (nSPS) is 11.5. The lowest BCUT2D eigenvalue weighted by Gasteiger charge is -2.06. The van der Waals surface area contributed by atoms with Crippen molar-refractivity contribution < 1.29 is 8.78 Å². The van der Waals surface area contributed by atoms with Crippen molar-refractivity contribution in [3.63, 3.8) is 0 Å². The maximum Gasteiger partial charge on any atom is 0.343 e. The van der Waals surface area contributed by atoms with Crippen molar-refractivity contribution in [3.05, 3.63) is 30.1 Å². The van der Waals surface area contributed by atoms with Crippen molar-refractivity contribution >= 4 is 0 Å². The number of rotatable bonds is 1. The van der Waals surface area contributed by atoms with Crippen molar-refractivity contribution in [1.82, 2.24) is 4.98 Å². The molecule has 0 atom stereocenters. The maximum absolute atomic E-state index is 12.2. The molecule has 0 saturated heterocycles. The number of nitrogens with two attached hydrogens (primary N) is 1. The Morgan fingerprint density at radius 3 is 2.40 bits per heavy atom. The summed E-state index contributed by atoms with van der Waals surface area (Å²) in [6.45, 7) is 0. The van der Waals surface area contributed by atoms with Crippen molar-refractivity contribution in [2.24, 2.45) is 5.73 Å². The van der Waals surface area contributed by atoms with Gasteiger partial charge in [-0.05, 0) is 12.1 Å². The Morgan fingerprint density at radius 2 is 2.10 bits per heavy atom. The Bertz CT molecular complexity index is 205. The van der Waals surface area contributed by atoms with Crippen molar-refractivity contribution in [1.29, 1.82) is 0 Å². The summed E-state index contributed by atoms with van der Waals surface area (Å²) < 4.78 is 24.3. The largest absolute Gasteiger partial charge is 0.343 e. The van der Waals surface area contributed by atoms with Crippen LogP contribution in [0, 0.1) is 0 Å². The van der Waals surface area contributed by atoms with Gasteiger partial charge in [0.1, 0.15) is 5.69 Å². The van der Waals surface area contributed by atoms with E-state index in [2.05, 4.69) is 10.7 Å². The molecule has 54 valence electrons. The second-order valence-corrected chi connectivity index (χ2v) is 1.84. The van der Waals surface area contributed by atoms with Crippen LogP contribution in [-0.4, -0.2) is 4.98 Å². The van der Waals surface area contributed by atoms with Crippen molar-refractivity contribution in [2.75, 3.05) is 0 Å². The van der Waals surface area contributed by atoms with Gasteiger partial charge in [-0.3, -0.25) is 10.7 Å². The zero-order chi connectivity index (χ0) is 7.61. The van der Waals surface area contributed by atoms with Gasteiger partial charge in [0.25, 0.3) is 0 Å². The van der Waals surface area contributed by atoms with Crippen LogP contribution in [0.15, 0.2) is 24.4 Å². The standard InChI is InChI=1S/C6H6F2N2/c7-6(8,9)5-3-1-2-4-10-5/h1-4H,9H2. The highest BCUT2D eigenvalue weighted by atomic mass is 19.3. The summed E-state index contributed by atoms with van der Waals surface area (Å²) in [5, 5.41) is 0. The molecule has 0 saturated carbocycles.